The van der Waals surface area contributed by atoms with E-state index in [9.17, 15) is 14.9 Å². The van der Waals surface area contributed by atoms with Crippen molar-refractivity contribution in [2.45, 2.75) is 6.92 Å². The largest absolute Gasteiger partial charge is 0.484 e. The van der Waals surface area contributed by atoms with Crippen LogP contribution >= 0.6 is 11.6 Å². The summed E-state index contributed by atoms with van der Waals surface area (Å²) in [6.45, 7) is 3.95. The average molecular weight is 440 g/mol. The molecule has 7 nitrogen and oxygen atoms in total. The Kier molecular flexibility index (Phi) is 7.65. The van der Waals surface area contributed by atoms with Crippen LogP contribution in [0.3, 0.4) is 0 Å². The first-order valence-electron chi connectivity index (χ1n) is 9.74. The normalized spacial score (nSPS) is 14.0. The molecule has 0 bridgehead atoms. The molecule has 1 heterocycles. The van der Waals surface area contributed by atoms with Gasteiger partial charge in [-0.2, -0.15) is 5.26 Å². The Labute approximate surface area is 185 Å². The molecule has 1 saturated heterocycles. The fraction of sp³-hybridized carbons (Fsp3) is 0.261. The van der Waals surface area contributed by atoms with Crippen molar-refractivity contribution in [3.8, 4) is 11.8 Å². The van der Waals surface area contributed by atoms with Gasteiger partial charge in [0, 0.05) is 23.8 Å². The van der Waals surface area contributed by atoms with Gasteiger partial charge in [0.05, 0.1) is 13.2 Å². The van der Waals surface area contributed by atoms with Gasteiger partial charge in [-0.3, -0.25) is 9.59 Å². The topological polar surface area (TPSA) is 91.7 Å². The van der Waals surface area contributed by atoms with Crippen molar-refractivity contribution in [3.05, 3.63) is 64.2 Å². The Hall–Kier alpha value is -3.34. The standard InChI is InChI=1S/C23H22ClN3O4/c1-16-20(24)3-2-4-21(16)26-23(29)18(14-25)13-17-5-7-19(8-6-17)31-15-22(28)27-9-11-30-12-10-27/h2-8,13H,9-12,15H2,1H3,(H,26,29)/b18-13-. The zero-order valence-corrected chi connectivity index (χ0v) is 17.8. The van der Waals surface area contributed by atoms with Gasteiger partial charge in [-0.25, -0.2) is 0 Å². The molecule has 1 fully saturated rings. The summed E-state index contributed by atoms with van der Waals surface area (Å²) < 4.78 is 10.8. The second-order valence-corrected chi connectivity index (χ2v) is 7.29. The van der Waals surface area contributed by atoms with Gasteiger partial charge in [0.2, 0.25) is 0 Å². The van der Waals surface area contributed by atoms with Crippen molar-refractivity contribution >= 4 is 35.2 Å². The minimum atomic E-state index is -0.524. The van der Waals surface area contributed by atoms with Gasteiger partial charge in [0.25, 0.3) is 11.8 Å². The van der Waals surface area contributed by atoms with Crippen LogP contribution in [0.5, 0.6) is 5.75 Å². The second-order valence-electron chi connectivity index (χ2n) is 6.89. The molecule has 0 aromatic heterocycles. The molecule has 8 heteroatoms. The third-order valence-electron chi connectivity index (χ3n) is 4.80. The van der Waals surface area contributed by atoms with E-state index in [4.69, 9.17) is 21.1 Å². The van der Waals surface area contributed by atoms with Crippen LogP contribution in [-0.2, 0) is 14.3 Å². The lowest BCUT2D eigenvalue weighted by Gasteiger charge is -2.26. The zero-order chi connectivity index (χ0) is 22.2. The minimum Gasteiger partial charge on any atom is -0.484 e. The molecule has 1 aliphatic heterocycles. The molecule has 0 radical (unpaired) electrons. The summed E-state index contributed by atoms with van der Waals surface area (Å²) >= 11 is 6.07. The molecule has 2 aromatic rings. The second kappa shape index (κ2) is 10.6. The van der Waals surface area contributed by atoms with Crippen molar-refractivity contribution in [1.82, 2.24) is 4.90 Å². The van der Waals surface area contributed by atoms with Crippen LogP contribution in [0, 0.1) is 18.3 Å². The summed E-state index contributed by atoms with van der Waals surface area (Å²) in [5, 5.41) is 12.6. The number of halogens is 1. The predicted molar refractivity (Wildman–Crippen MR) is 118 cm³/mol. The Morgan fingerprint density at radius 3 is 2.61 bits per heavy atom. The summed E-state index contributed by atoms with van der Waals surface area (Å²) in [6, 6.07) is 13.9. The molecule has 0 unspecified atom stereocenters. The van der Waals surface area contributed by atoms with Crippen LogP contribution in [0.15, 0.2) is 48.0 Å². The zero-order valence-electron chi connectivity index (χ0n) is 17.1. The molecular formula is C23H22ClN3O4. The molecule has 2 aromatic carbocycles. The van der Waals surface area contributed by atoms with E-state index in [1.807, 2.05) is 6.07 Å². The summed E-state index contributed by atoms with van der Waals surface area (Å²) in [7, 11) is 0. The monoisotopic (exact) mass is 439 g/mol. The van der Waals surface area contributed by atoms with Crippen LogP contribution in [0.25, 0.3) is 6.08 Å². The molecule has 3 rings (SSSR count). The van der Waals surface area contributed by atoms with E-state index in [2.05, 4.69) is 5.32 Å². The summed E-state index contributed by atoms with van der Waals surface area (Å²) in [5.74, 6) is -0.0902. The smallest absolute Gasteiger partial charge is 0.266 e. The highest BCUT2D eigenvalue weighted by Gasteiger charge is 2.17. The molecule has 0 aliphatic carbocycles. The van der Waals surface area contributed by atoms with Gasteiger partial charge in [-0.1, -0.05) is 29.8 Å². The van der Waals surface area contributed by atoms with Crippen LogP contribution in [0.4, 0.5) is 5.69 Å². The van der Waals surface area contributed by atoms with E-state index in [0.717, 1.165) is 5.56 Å². The number of benzene rings is 2. The highest BCUT2D eigenvalue weighted by Crippen LogP contribution is 2.23. The van der Waals surface area contributed by atoms with E-state index in [1.54, 1.807) is 54.3 Å². The van der Waals surface area contributed by atoms with Crippen LogP contribution in [0.2, 0.25) is 5.02 Å². The SMILES string of the molecule is Cc1c(Cl)cccc1NC(=O)/C(C#N)=C\c1ccc(OCC(=O)N2CCOCC2)cc1. The number of hydrogen-bond donors (Lipinski definition) is 1. The van der Waals surface area contributed by atoms with E-state index >= 15 is 0 Å². The van der Waals surface area contributed by atoms with Gasteiger partial charge in [-0.05, 0) is 48.4 Å². The number of rotatable bonds is 6. The number of carbonyl (C=O) groups excluding carboxylic acids is 2. The maximum Gasteiger partial charge on any atom is 0.266 e. The number of nitrogens with one attached hydrogen (secondary N) is 1. The number of morpholine rings is 1. The van der Waals surface area contributed by atoms with Crippen molar-refractivity contribution in [2.75, 3.05) is 38.2 Å². The third-order valence-corrected chi connectivity index (χ3v) is 5.21. The first-order chi connectivity index (χ1) is 15.0. The average Bonchev–Trinajstić information content (AvgIpc) is 2.80. The molecule has 160 valence electrons. The number of nitriles is 1. The Balaban J connectivity index is 1.61. The number of ether oxygens (including phenoxy) is 2. The Bertz CT molecular complexity index is 1020. The maximum atomic E-state index is 12.5. The first-order valence-corrected chi connectivity index (χ1v) is 10.1. The van der Waals surface area contributed by atoms with Crippen LogP contribution in [0.1, 0.15) is 11.1 Å². The summed E-state index contributed by atoms with van der Waals surface area (Å²) in [4.78, 5) is 26.3. The molecule has 0 saturated carbocycles. The highest BCUT2D eigenvalue weighted by molar-refractivity contribution is 6.31. The Morgan fingerprint density at radius 2 is 1.94 bits per heavy atom. The van der Waals surface area contributed by atoms with Crippen molar-refractivity contribution in [3.63, 3.8) is 0 Å². The maximum absolute atomic E-state index is 12.5. The molecular weight excluding hydrogens is 418 g/mol. The van der Waals surface area contributed by atoms with E-state index in [0.29, 0.717) is 48.3 Å². The fourth-order valence-electron chi connectivity index (χ4n) is 2.96. The minimum absolute atomic E-state index is 0.0458. The molecule has 0 atom stereocenters. The fourth-order valence-corrected chi connectivity index (χ4v) is 3.13. The van der Waals surface area contributed by atoms with Crippen molar-refractivity contribution in [1.29, 1.82) is 5.26 Å². The van der Waals surface area contributed by atoms with Gasteiger partial charge >= 0.3 is 0 Å². The van der Waals surface area contributed by atoms with Gasteiger partial charge in [0.1, 0.15) is 17.4 Å². The van der Waals surface area contributed by atoms with E-state index in [-0.39, 0.29) is 18.1 Å². The summed E-state index contributed by atoms with van der Waals surface area (Å²) in [5.41, 5.74) is 1.88. The van der Waals surface area contributed by atoms with E-state index < -0.39 is 5.91 Å². The van der Waals surface area contributed by atoms with Crippen LogP contribution < -0.4 is 10.1 Å². The molecule has 1 N–H and O–H groups in total. The van der Waals surface area contributed by atoms with Crippen LogP contribution in [-0.4, -0.2) is 49.6 Å². The number of carbonyl (C=O) groups is 2. The van der Waals surface area contributed by atoms with E-state index in [1.165, 1.54) is 6.08 Å². The molecule has 2 amide bonds. The quantitative estimate of drug-likeness (QED) is 0.550. The highest BCUT2D eigenvalue weighted by atomic mass is 35.5. The number of amides is 2. The number of anilines is 1. The predicted octanol–water partition coefficient (Wildman–Crippen LogP) is 3.43. The number of nitrogens with zero attached hydrogens (tertiary/aromatic N) is 2. The lowest BCUT2D eigenvalue weighted by atomic mass is 10.1. The van der Waals surface area contributed by atoms with Gasteiger partial charge < -0.3 is 19.7 Å². The van der Waals surface area contributed by atoms with Gasteiger partial charge in [0.15, 0.2) is 6.61 Å². The lowest BCUT2D eigenvalue weighted by molar-refractivity contribution is -0.137. The van der Waals surface area contributed by atoms with Crippen molar-refractivity contribution < 1.29 is 19.1 Å². The third kappa shape index (κ3) is 6.07. The molecule has 1 aliphatic rings. The Morgan fingerprint density at radius 1 is 1.23 bits per heavy atom. The first kappa shape index (κ1) is 22.3. The lowest BCUT2D eigenvalue weighted by Crippen LogP contribution is -2.42. The molecule has 31 heavy (non-hydrogen) atoms. The molecule has 0 spiro atoms. The summed E-state index contributed by atoms with van der Waals surface area (Å²) in [6.07, 6.45) is 1.48. The van der Waals surface area contributed by atoms with Gasteiger partial charge in [-0.15, -0.1) is 0 Å². The van der Waals surface area contributed by atoms with Crippen molar-refractivity contribution in [2.24, 2.45) is 0 Å². The number of hydrogen-bond acceptors (Lipinski definition) is 5.